The zero-order valence-corrected chi connectivity index (χ0v) is 17.2. The fraction of sp³-hybridized carbons (Fsp3) is 0.318. The molecular formula is C22H18Cl2N2O4. The van der Waals surface area contributed by atoms with Gasteiger partial charge in [0.15, 0.2) is 0 Å². The van der Waals surface area contributed by atoms with Crippen LogP contribution in [0.5, 0.6) is 0 Å². The highest BCUT2D eigenvalue weighted by molar-refractivity contribution is 6.35. The highest BCUT2D eigenvalue weighted by Gasteiger charge is 2.63. The average molecular weight is 445 g/mol. The molecule has 0 spiro atoms. The number of esters is 1. The summed E-state index contributed by atoms with van der Waals surface area (Å²) < 4.78 is 5.40. The summed E-state index contributed by atoms with van der Waals surface area (Å²) in [5, 5.41) is 6.42. The molecule has 0 unspecified atom stereocenters. The van der Waals surface area contributed by atoms with Crippen molar-refractivity contribution in [3.05, 3.63) is 58.1 Å². The standard InChI is InChI=1S/C22H18Cl2N2O4/c23-12-4-5-15(24)16(9-12)26-20(27)10-2-1-3-13(6-10)25-21(28)18-11-7-14-17(8-11)30-22(29)19(14)18/h1-6,9,11,14,17-19H,7-8H2,(H,25,28)(H,26,27)/t11-,14+,17+,18-,19+/m1/s1. The molecular weight excluding hydrogens is 427 g/mol. The minimum atomic E-state index is -0.377. The minimum Gasteiger partial charge on any atom is -0.462 e. The van der Waals surface area contributed by atoms with Crippen molar-refractivity contribution in [2.75, 3.05) is 10.6 Å². The van der Waals surface area contributed by atoms with E-state index < -0.39 is 0 Å². The Kier molecular flexibility index (Phi) is 4.71. The Morgan fingerprint density at radius 3 is 2.70 bits per heavy atom. The van der Waals surface area contributed by atoms with Gasteiger partial charge in [0.05, 0.1) is 22.5 Å². The quantitative estimate of drug-likeness (QED) is 0.685. The van der Waals surface area contributed by atoms with E-state index in [1.165, 1.54) is 0 Å². The summed E-state index contributed by atoms with van der Waals surface area (Å²) in [4.78, 5) is 37.7. The number of fused-ring (bicyclic) bond motifs is 1. The van der Waals surface area contributed by atoms with Crippen molar-refractivity contribution < 1.29 is 19.1 Å². The van der Waals surface area contributed by atoms with E-state index in [9.17, 15) is 14.4 Å². The second kappa shape index (κ2) is 7.29. The first kappa shape index (κ1) is 19.4. The molecule has 5 atom stereocenters. The summed E-state index contributed by atoms with van der Waals surface area (Å²) in [6.07, 6.45) is 1.61. The molecule has 1 heterocycles. The highest BCUT2D eigenvalue weighted by atomic mass is 35.5. The third kappa shape index (κ3) is 3.24. The maximum Gasteiger partial charge on any atom is 0.310 e. The van der Waals surface area contributed by atoms with Crippen molar-refractivity contribution in [1.29, 1.82) is 0 Å². The zero-order chi connectivity index (χ0) is 21.0. The van der Waals surface area contributed by atoms with E-state index in [2.05, 4.69) is 10.6 Å². The van der Waals surface area contributed by atoms with Gasteiger partial charge in [0, 0.05) is 22.2 Å². The zero-order valence-electron chi connectivity index (χ0n) is 15.7. The van der Waals surface area contributed by atoms with Crippen LogP contribution in [0.25, 0.3) is 0 Å². The second-order valence-electron chi connectivity index (χ2n) is 8.07. The Morgan fingerprint density at radius 2 is 1.87 bits per heavy atom. The molecule has 30 heavy (non-hydrogen) atoms. The summed E-state index contributed by atoms with van der Waals surface area (Å²) in [7, 11) is 0. The van der Waals surface area contributed by atoms with Crippen LogP contribution in [0.4, 0.5) is 11.4 Å². The third-order valence-electron chi connectivity index (χ3n) is 6.35. The Hall–Kier alpha value is -2.57. The number of benzene rings is 2. The normalized spacial score (nSPS) is 28.3. The molecule has 3 fully saturated rings. The third-order valence-corrected chi connectivity index (χ3v) is 6.92. The molecule has 0 radical (unpaired) electrons. The van der Waals surface area contributed by atoms with Gasteiger partial charge in [-0.2, -0.15) is 0 Å². The van der Waals surface area contributed by atoms with Gasteiger partial charge in [-0.25, -0.2) is 0 Å². The van der Waals surface area contributed by atoms with Crippen LogP contribution in [-0.4, -0.2) is 23.9 Å². The van der Waals surface area contributed by atoms with Crippen molar-refractivity contribution in [2.24, 2.45) is 23.7 Å². The Bertz CT molecular complexity index is 1070. The molecule has 2 aliphatic carbocycles. The maximum absolute atomic E-state index is 12.9. The fourth-order valence-corrected chi connectivity index (χ4v) is 5.45. The number of amides is 2. The van der Waals surface area contributed by atoms with E-state index in [-0.39, 0.29) is 47.6 Å². The highest BCUT2D eigenvalue weighted by Crippen LogP contribution is 2.57. The number of carbonyl (C=O) groups excluding carboxylic acids is 3. The summed E-state index contributed by atoms with van der Waals surface area (Å²) in [6, 6.07) is 11.4. The number of nitrogens with one attached hydrogen (secondary N) is 2. The predicted molar refractivity (Wildman–Crippen MR) is 113 cm³/mol. The number of hydrogen-bond donors (Lipinski definition) is 2. The van der Waals surface area contributed by atoms with Crippen LogP contribution in [0.2, 0.25) is 10.0 Å². The first-order valence-corrected chi connectivity index (χ1v) is 10.5. The van der Waals surface area contributed by atoms with Crippen molar-refractivity contribution in [2.45, 2.75) is 18.9 Å². The lowest BCUT2D eigenvalue weighted by atomic mass is 9.79. The van der Waals surface area contributed by atoms with Crippen LogP contribution in [0.1, 0.15) is 23.2 Å². The molecule has 154 valence electrons. The molecule has 3 aliphatic rings. The van der Waals surface area contributed by atoms with Crippen LogP contribution in [-0.2, 0) is 14.3 Å². The van der Waals surface area contributed by atoms with Crippen LogP contribution in [0.3, 0.4) is 0 Å². The Morgan fingerprint density at radius 1 is 1.03 bits per heavy atom. The van der Waals surface area contributed by atoms with E-state index in [0.29, 0.717) is 27.0 Å². The molecule has 2 saturated carbocycles. The molecule has 6 nitrogen and oxygen atoms in total. The summed E-state index contributed by atoms with van der Waals surface area (Å²) >= 11 is 12.1. The Balaban J connectivity index is 1.30. The number of hydrogen-bond acceptors (Lipinski definition) is 4. The molecule has 2 bridgehead atoms. The monoisotopic (exact) mass is 444 g/mol. The van der Waals surface area contributed by atoms with Gasteiger partial charge in [-0.1, -0.05) is 29.3 Å². The lowest BCUT2D eigenvalue weighted by molar-refractivity contribution is -0.145. The van der Waals surface area contributed by atoms with Crippen LogP contribution >= 0.6 is 23.2 Å². The lowest BCUT2D eigenvalue weighted by Gasteiger charge is -2.23. The van der Waals surface area contributed by atoms with E-state index >= 15 is 0 Å². The van der Waals surface area contributed by atoms with Gasteiger partial charge in [0.25, 0.3) is 5.91 Å². The fourth-order valence-electron chi connectivity index (χ4n) is 5.11. The van der Waals surface area contributed by atoms with Crippen molar-refractivity contribution >= 4 is 52.4 Å². The van der Waals surface area contributed by atoms with Gasteiger partial charge in [0.2, 0.25) is 5.91 Å². The molecule has 0 aromatic heterocycles. The van der Waals surface area contributed by atoms with Crippen molar-refractivity contribution in [3.63, 3.8) is 0 Å². The van der Waals surface area contributed by atoms with Gasteiger partial charge >= 0.3 is 5.97 Å². The molecule has 2 aromatic carbocycles. The van der Waals surface area contributed by atoms with E-state index in [1.54, 1.807) is 42.5 Å². The maximum atomic E-state index is 12.9. The largest absolute Gasteiger partial charge is 0.462 e. The van der Waals surface area contributed by atoms with Gasteiger partial charge in [-0.3, -0.25) is 14.4 Å². The molecule has 2 aromatic rings. The number of halogens is 2. The van der Waals surface area contributed by atoms with Crippen LogP contribution < -0.4 is 10.6 Å². The van der Waals surface area contributed by atoms with E-state index in [1.807, 2.05) is 0 Å². The van der Waals surface area contributed by atoms with E-state index in [0.717, 1.165) is 12.8 Å². The summed E-state index contributed by atoms with van der Waals surface area (Å²) in [5.41, 5.74) is 1.26. The van der Waals surface area contributed by atoms with Crippen molar-refractivity contribution in [1.82, 2.24) is 0 Å². The minimum absolute atomic E-state index is 0.0121. The molecule has 5 rings (SSSR count). The SMILES string of the molecule is O=C(Nc1cc(Cl)ccc1Cl)c1cccc(NC(=O)[C@@H]2[C@@H]3C[C@@H]4[C@@H]2C(=O)O[C@H]4C3)c1. The molecule has 8 heteroatoms. The van der Waals surface area contributed by atoms with Crippen LogP contribution in [0, 0.1) is 23.7 Å². The Labute approximate surface area is 182 Å². The topological polar surface area (TPSA) is 84.5 Å². The first-order valence-electron chi connectivity index (χ1n) is 9.78. The van der Waals surface area contributed by atoms with Gasteiger partial charge in [-0.05, 0) is 55.2 Å². The number of rotatable bonds is 4. The number of carbonyl (C=O) groups is 3. The van der Waals surface area contributed by atoms with Gasteiger partial charge in [-0.15, -0.1) is 0 Å². The molecule has 1 aliphatic heterocycles. The average Bonchev–Trinajstić information content (AvgIpc) is 3.33. The first-order chi connectivity index (χ1) is 14.4. The van der Waals surface area contributed by atoms with E-state index in [4.69, 9.17) is 27.9 Å². The molecule has 1 saturated heterocycles. The predicted octanol–water partition coefficient (Wildman–Crippen LogP) is 4.38. The molecule has 2 N–H and O–H groups in total. The molecule has 2 amide bonds. The second-order valence-corrected chi connectivity index (χ2v) is 8.91. The number of ether oxygens (including phenoxy) is 1. The van der Waals surface area contributed by atoms with Crippen LogP contribution in [0.15, 0.2) is 42.5 Å². The number of anilines is 2. The van der Waals surface area contributed by atoms with Gasteiger partial charge < -0.3 is 15.4 Å². The summed E-state index contributed by atoms with van der Waals surface area (Å²) in [5.74, 6) is -1.20. The van der Waals surface area contributed by atoms with Gasteiger partial charge in [0.1, 0.15) is 6.10 Å². The van der Waals surface area contributed by atoms with Crippen molar-refractivity contribution in [3.8, 4) is 0 Å². The summed E-state index contributed by atoms with van der Waals surface area (Å²) in [6.45, 7) is 0. The smallest absolute Gasteiger partial charge is 0.310 e. The lowest BCUT2D eigenvalue weighted by Crippen LogP contribution is -2.35.